The molecule has 2 heterocycles. The number of anilines is 1. The van der Waals surface area contributed by atoms with Crippen molar-refractivity contribution in [1.82, 2.24) is 4.90 Å². The molecule has 1 N–H and O–H groups in total. The molecule has 4 amide bonds. The number of nitrogens with one attached hydrogen (secondary N) is 1. The van der Waals surface area contributed by atoms with Gasteiger partial charge in [0, 0.05) is 0 Å². The third-order valence-corrected chi connectivity index (χ3v) is 5.12. The molecule has 0 aliphatic carbocycles. The highest BCUT2D eigenvalue weighted by molar-refractivity contribution is 6.52. The molecule has 2 saturated heterocycles. The number of ether oxygens (including phenoxy) is 1. The standard InChI is InChI=1S/C18H23N3O4/c1-3-13-6-4-5-11-19(13)12-20-16(22)17(23)21(18(20)24)14-7-9-15(25-2)10-8-14/h7-10,13H,3-6,11-12H2,1-2H3/p+1/t13-/m0/s1. The SMILES string of the molecule is CC[C@H]1CCCC[NH+]1CN1C(=O)C(=O)N(c2ccc(OC)cc2)C1=O. The first-order chi connectivity index (χ1) is 12.1. The molecule has 134 valence electrons. The number of piperidine rings is 1. The fourth-order valence-corrected chi connectivity index (χ4v) is 3.66. The number of nitrogens with zero attached hydrogens (tertiary/aromatic N) is 2. The summed E-state index contributed by atoms with van der Waals surface area (Å²) >= 11 is 0. The Morgan fingerprint density at radius 2 is 1.84 bits per heavy atom. The summed E-state index contributed by atoms with van der Waals surface area (Å²) in [4.78, 5) is 40.7. The highest BCUT2D eigenvalue weighted by Gasteiger charge is 2.47. The van der Waals surface area contributed by atoms with E-state index in [2.05, 4.69) is 6.92 Å². The lowest BCUT2D eigenvalue weighted by atomic mass is 10.0. The third-order valence-electron chi connectivity index (χ3n) is 5.12. The van der Waals surface area contributed by atoms with E-state index in [0.29, 0.717) is 17.5 Å². The van der Waals surface area contributed by atoms with Gasteiger partial charge < -0.3 is 9.64 Å². The zero-order valence-corrected chi connectivity index (χ0v) is 14.7. The van der Waals surface area contributed by atoms with E-state index in [9.17, 15) is 14.4 Å². The van der Waals surface area contributed by atoms with Crippen LogP contribution in [0.1, 0.15) is 32.6 Å². The van der Waals surface area contributed by atoms with Crippen molar-refractivity contribution in [2.24, 2.45) is 0 Å². The van der Waals surface area contributed by atoms with Crippen molar-refractivity contribution in [3.8, 4) is 5.75 Å². The van der Waals surface area contributed by atoms with Crippen LogP contribution in [0.5, 0.6) is 5.75 Å². The van der Waals surface area contributed by atoms with Crippen molar-refractivity contribution < 1.29 is 24.0 Å². The van der Waals surface area contributed by atoms with Crippen LogP contribution in [-0.4, -0.2) is 49.1 Å². The van der Waals surface area contributed by atoms with Crippen molar-refractivity contribution in [3.05, 3.63) is 24.3 Å². The molecule has 0 bridgehead atoms. The maximum Gasteiger partial charge on any atom is 0.343 e. The molecule has 2 aliphatic rings. The largest absolute Gasteiger partial charge is 0.497 e. The van der Waals surface area contributed by atoms with Gasteiger partial charge >= 0.3 is 17.8 Å². The number of carbonyl (C=O) groups is 3. The van der Waals surface area contributed by atoms with E-state index < -0.39 is 17.8 Å². The summed E-state index contributed by atoms with van der Waals surface area (Å²) in [7, 11) is 1.54. The number of quaternary nitrogens is 1. The van der Waals surface area contributed by atoms with E-state index in [1.807, 2.05) is 0 Å². The Bertz CT molecular complexity index is 673. The summed E-state index contributed by atoms with van der Waals surface area (Å²) in [6.45, 7) is 3.30. The maximum atomic E-state index is 12.7. The molecule has 25 heavy (non-hydrogen) atoms. The Kier molecular flexibility index (Phi) is 5.03. The summed E-state index contributed by atoms with van der Waals surface area (Å²) in [6.07, 6.45) is 4.36. The fourth-order valence-electron chi connectivity index (χ4n) is 3.66. The molecule has 0 spiro atoms. The van der Waals surface area contributed by atoms with Gasteiger partial charge in [-0.2, -0.15) is 0 Å². The molecule has 2 aliphatic heterocycles. The van der Waals surface area contributed by atoms with Gasteiger partial charge in [-0.1, -0.05) is 6.92 Å². The number of hydrogen-bond acceptors (Lipinski definition) is 4. The van der Waals surface area contributed by atoms with Crippen molar-refractivity contribution in [3.63, 3.8) is 0 Å². The van der Waals surface area contributed by atoms with Crippen LogP contribution in [0.25, 0.3) is 0 Å². The van der Waals surface area contributed by atoms with Gasteiger partial charge in [-0.25, -0.2) is 14.6 Å². The third kappa shape index (κ3) is 3.24. The summed E-state index contributed by atoms with van der Waals surface area (Å²) < 4.78 is 5.08. The molecule has 1 aromatic rings. The number of hydrogen-bond donors (Lipinski definition) is 1. The Morgan fingerprint density at radius 1 is 1.12 bits per heavy atom. The minimum Gasteiger partial charge on any atom is -0.497 e. The van der Waals surface area contributed by atoms with Crippen LogP contribution in [0.2, 0.25) is 0 Å². The van der Waals surface area contributed by atoms with E-state index in [-0.39, 0.29) is 6.67 Å². The predicted molar refractivity (Wildman–Crippen MR) is 91.3 cm³/mol. The van der Waals surface area contributed by atoms with Crippen LogP contribution in [0.15, 0.2) is 24.3 Å². The quantitative estimate of drug-likeness (QED) is 0.632. The molecule has 1 aromatic carbocycles. The minimum absolute atomic E-state index is 0.259. The zero-order valence-electron chi connectivity index (χ0n) is 14.7. The van der Waals surface area contributed by atoms with Gasteiger partial charge in [0.25, 0.3) is 0 Å². The van der Waals surface area contributed by atoms with Crippen molar-refractivity contribution in [1.29, 1.82) is 0 Å². The Labute approximate surface area is 147 Å². The molecule has 0 radical (unpaired) electrons. The second-order valence-corrected chi connectivity index (χ2v) is 6.52. The average molecular weight is 346 g/mol. The number of benzene rings is 1. The molecular weight excluding hydrogens is 322 g/mol. The van der Waals surface area contributed by atoms with Crippen LogP contribution in [0.4, 0.5) is 10.5 Å². The minimum atomic E-state index is -0.792. The number of methoxy groups -OCH3 is 1. The second-order valence-electron chi connectivity index (χ2n) is 6.52. The van der Waals surface area contributed by atoms with E-state index in [4.69, 9.17) is 4.74 Å². The molecule has 2 atom stereocenters. The molecule has 0 saturated carbocycles. The molecule has 1 unspecified atom stereocenters. The second kappa shape index (κ2) is 7.23. The number of rotatable bonds is 5. The first kappa shape index (κ1) is 17.4. The normalized spacial score (nSPS) is 24.2. The molecule has 7 heteroatoms. The van der Waals surface area contributed by atoms with Crippen LogP contribution in [0.3, 0.4) is 0 Å². The Hall–Kier alpha value is -2.41. The number of carbonyl (C=O) groups excluding carboxylic acids is 3. The lowest BCUT2D eigenvalue weighted by Crippen LogP contribution is -3.18. The number of likely N-dealkylation sites (tertiary alicyclic amines) is 1. The number of urea groups is 1. The number of amides is 4. The Morgan fingerprint density at radius 3 is 2.48 bits per heavy atom. The smallest absolute Gasteiger partial charge is 0.343 e. The van der Waals surface area contributed by atoms with Gasteiger partial charge in [-0.3, -0.25) is 9.59 Å². The zero-order chi connectivity index (χ0) is 18.0. The van der Waals surface area contributed by atoms with Gasteiger partial charge in [-0.05, 0) is 49.9 Å². The molecule has 2 fully saturated rings. The number of imide groups is 2. The van der Waals surface area contributed by atoms with Crippen molar-refractivity contribution in [2.75, 3.05) is 25.2 Å². The van der Waals surface area contributed by atoms with Crippen molar-refractivity contribution in [2.45, 2.75) is 38.6 Å². The van der Waals surface area contributed by atoms with Gasteiger partial charge in [0.05, 0.1) is 25.4 Å². The summed E-state index contributed by atoms with van der Waals surface area (Å²) in [5, 5.41) is 0. The molecule has 3 rings (SSSR count). The first-order valence-electron chi connectivity index (χ1n) is 8.75. The van der Waals surface area contributed by atoms with Gasteiger partial charge in [0.15, 0.2) is 6.67 Å². The highest BCUT2D eigenvalue weighted by atomic mass is 16.5. The predicted octanol–water partition coefficient (Wildman–Crippen LogP) is 0.795. The van der Waals surface area contributed by atoms with Crippen LogP contribution in [0, 0.1) is 0 Å². The monoisotopic (exact) mass is 346 g/mol. The molecule has 0 aromatic heterocycles. The first-order valence-corrected chi connectivity index (χ1v) is 8.75. The average Bonchev–Trinajstić information content (AvgIpc) is 2.86. The topological polar surface area (TPSA) is 71.4 Å². The molecule has 7 nitrogen and oxygen atoms in total. The highest BCUT2D eigenvalue weighted by Crippen LogP contribution is 2.24. The van der Waals surface area contributed by atoms with E-state index in [1.165, 1.54) is 18.4 Å². The van der Waals surface area contributed by atoms with Gasteiger partial charge in [0.2, 0.25) is 0 Å². The van der Waals surface area contributed by atoms with E-state index >= 15 is 0 Å². The Balaban J connectivity index is 1.79. The summed E-state index contributed by atoms with van der Waals surface area (Å²) in [5.41, 5.74) is 0.382. The molecular formula is C18H24N3O4+. The van der Waals surface area contributed by atoms with Gasteiger partial charge in [0.1, 0.15) is 5.75 Å². The van der Waals surface area contributed by atoms with Crippen LogP contribution in [-0.2, 0) is 9.59 Å². The van der Waals surface area contributed by atoms with Crippen LogP contribution >= 0.6 is 0 Å². The fraction of sp³-hybridized carbons (Fsp3) is 0.500. The lowest BCUT2D eigenvalue weighted by Gasteiger charge is -2.33. The lowest BCUT2D eigenvalue weighted by molar-refractivity contribution is -0.937. The summed E-state index contributed by atoms with van der Waals surface area (Å²) in [6, 6.07) is 6.40. The van der Waals surface area contributed by atoms with Crippen LogP contribution < -0.4 is 14.5 Å². The van der Waals surface area contributed by atoms with Crippen molar-refractivity contribution >= 4 is 23.5 Å². The van der Waals surface area contributed by atoms with E-state index in [1.54, 1.807) is 24.3 Å². The van der Waals surface area contributed by atoms with E-state index in [0.717, 1.165) is 35.6 Å². The summed E-state index contributed by atoms with van der Waals surface area (Å²) in [5.74, 6) is -0.914. The van der Waals surface area contributed by atoms with Gasteiger partial charge in [-0.15, -0.1) is 0 Å². The maximum absolute atomic E-state index is 12.7.